The van der Waals surface area contributed by atoms with Crippen molar-refractivity contribution in [2.75, 3.05) is 0 Å². The molecule has 1 aromatic heterocycles. The molecule has 6 heteroatoms. The average Bonchev–Trinajstić information content (AvgIpc) is 2.70. The van der Waals surface area contributed by atoms with Crippen molar-refractivity contribution in [3.63, 3.8) is 0 Å². The van der Waals surface area contributed by atoms with Gasteiger partial charge < -0.3 is 4.42 Å². The first-order chi connectivity index (χ1) is 7.20. The lowest BCUT2D eigenvalue weighted by atomic mass is 10.2. The first-order valence-corrected chi connectivity index (χ1v) is 5.75. The number of nitrogens with zero attached hydrogens (tertiary/aromatic N) is 2. The molecule has 2 rings (SSSR count). The molecule has 0 saturated carbocycles. The van der Waals surface area contributed by atoms with Crippen LogP contribution in [0, 0.1) is 0 Å². The minimum absolute atomic E-state index is 0.200. The van der Waals surface area contributed by atoms with E-state index < -0.39 is 0 Å². The maximum atomic E-state index is 5.87. The fraction of sp³-hybridized carbons (Fsp3) is 0.111. The Labute approximate surface area is 105 Å². The quantitative estimate of drug-likeness (QED) is 0.790. The second-order valence-corrected chi connectivity index (χ2v) is 4.32. The van der Waals surface area contributed by atoms with Crippen molar-refractivity contribution in [2.45, 2.75) is 5.88 Å². The molecular weight excluding hydrogens is 303 g/mol. The highest BCUT2D eigenvalue weighted by atomic mass is 79.9. The van der Waals surface area contributed by atoms with Crippen LogP contribution in [0.15, 0.2) is 27.1 Å². The molecule has 0 N–H and O–H groups in total. The van der Waals surface area contributed by atoms with Crippen LogP contribution in [0.4, 0.5) is 0 Å². The summed E-state index contributed by atoms with van der Waals surface area (Å²) in [4.78, 5) is 0. The number of hydrogen-bond acceptors (Lipinski definition) is 3. The van der Waals surface area contributed by atoms with Gasteiger partial charge in [0.1, 0.15) is 5.88 Å². The molecule has 0 unspecified atom stereocenters. The van der Waals surface area contributed by atoms with Gasteiger partial charge in [0.2, 0.25) is 11.8 Å². The molecular formula is C9H5BrCl2N2O. The van der Waals surface area contributed by atoms with Gasteiger partial charge in [0.15, 0.2) is 0 Å². The molecule has 0 saturated heterocycles. The van der Waals surface area contributed by atoms with Crippen LogP contribution in [-0.2, 0) is 5.88 Å². The summed E-state index contributed by atoms with van der Waals surface area (Å²) in [5, 5.41) is 8.25. The summed E-state index contributed by atoms with van der Waals surface area (Å²) in [7, 11) is 0. The van der Waals surface area contributed by atoms with Crippen molar-refractivity contribution in [1.82, 2.24) is 10.2 Å². The van der Waals surface area contributed by atoms with Crippen LogP contribution in [0.1, 0.15) is 5.89 Å². The van der Waals surface area contributed by atoms with Crippen LogP contribution in [0.3, 0.4) is 0 Å². The third-order valence-electron chi connectivity index (χ3n) is 1.74. The zero-order valence-corrected chi connectivity index (χ0v) is 10.5. The Balaban J connectivity index is 2.48. The third kappa shape index (κ3) is 2.33. The van der Waals surface area contributed by atoms with E-state index in [1.165, 1.54) is 0 Å². The van der Waals surface area contributed by atoms with Gasteiger partial charge in [-0.15, -0.1) is 21.8 Å². The predicted octanol–water partition coefficient (Wildman–Crippen LogP) is 3.89. The third-order valence-corrected chi connectivity index (χ3v) is 2.90. The summed E-state index contributed by atoms with van der Waals surface area (Å²) in [6.07, 6.45) is 0. The average molecular weight is 308 g/mol. The molecule has 0 atom stereocenters. The molecule has 0 aliphatic heterocycles. The monoisotopic (exact) mass is 306 g/mol. The first kappa shape index (κ1) is 10.9. The highest BCUT2D eigenvalue weighted by Crippen LogP contribution is 2.29. The van der Waals surface area contributed by atoms with E-state index in [0.29, 0.717) is 16.8 Å². The standard InChI is InChI=1S/C9H5BrCl2N2O/c10-7-2-1-5(12)3-6(7)9-14-13-8(4-11)15-9/h1-3H,4H2. The Morgan fingerprint density at radius 1 is 1.33 bits per heavy atom. The fourth-order valence-electron chi connectivity index (χ4n) is 1.08. The zero-order valence-electron chi connectivity index (χ0n) is 7.38. The van der Waals surface area contributed by atoms with Gasteiger partial charge in [0.25, 0.3) is 0 Å². The molecule has 0 amide bonds. The number of hydrogen-bond donors (Lipinski definition) is 0. The molecule has 0 aliphatic carbocycles. The van der Waals surface area contributed by atoms with E-state index in [2.05, 4.69) is 26.1 Å². The molecule has 1 aromatic carbocycles. The van der Waals surface area contributed by atoms with Crippen LogP contribution < -0.4 is 0 Å². The zero-order chi connectivity index (χ0) is 10.8. The number of aromatic nitrogens is 2. The van der Waals surface area contributed by atoms with Crippen LogP contribution in [0.5, 0.6) is 0 Å². The largest absolute Gasteiger partial charge is 0.419 e. The van der Waals surface area contributed by atoms with E-state index in [4.69, 9.17) is 27.6 Å². The molecule has 0 fully saturated rings. The maximum absolute atomic E-state index is 5.87. The Morgan fingerprint density at radius 3 is 2.80 bits per heavy atom. The topological polar surface area (TPSA) is 38.9 Å². The molecule has 2 aromatic rings. The van der Waals surface area contributed by atoms with Crippen molar-refractivity contribution < 1.29 is 4.42 Å². The molecule has 78 valence electrons. The van der Waals surface area contributed by atoms with E-state index in [0.717, 1.165) is 10.0 Å². The van der Waals surface area contributed by atoms with E-state index in [1.54, 1.807) is 12.1 Å². The van der Waals surface area contributed by atoms with E-state index >= 15 is 0 Å². The van der Waals surface area contributed by atoms with Crippen LogP contribution in [-0.4, -0.2) is 10.2 Å². The Morgan fingerprint density at radius 2 is 2.13 bits per heavy atom. The predicted molar refractivity (Wildman–Crippen MR) is 62.0 cm³/mol. The van der Waals surface area contributed by atoms with Gasteiger partial charge in [-0.25, -0.2) is 0 Å². The summed E-state index contributed by atoms with van der Waals surface area (Å²) < 4.78 is 6.16. The van der Waals surface area contributed by atoms with Crippen LogP contribution >= 0.6 is 39.1 Å². The van der Waals surface area contributed by atoms with Gasteiger partial charge in [0.05, 0.1) is 5.56 Å². The Hall–Kier alpha value is -0.580. The SMILES string of the molecule is ClCc1nnc(-c2cc(Cl)ccc2Br)o1. The van der Waals surface area contributed by atoms with Crippen molar-refractivity contribution in [3.8, 4) is 11.5 Å². The number of alkyl halides is 1. The smallest absolute Gasteiger partial charge is 0.248 e. The summed E-state index contributed by atoms with van der Waals surface area (Å²) in [5.74, 6) is 0.990. The highest BCUT2D eigenvalue weighted by Gasteiger charge is 2.11. The molecule has 0 radical (unpaired) electrons. The van der Waals surface area contributed by atoms with E-state index in [-0.39, 0.29) is 5.88 Å². The van der Waals surface area contributed by atoms with Crippen LogP contribution in [0.2, 0.25) is 5.02 Å². The summed E-state index contributed by atoms with van der Waals surface area (Å²) in [5.41, 5.74) is 0.756. The normalized spacial score (nSPS) is 10.6. The van der Waals surface area contributed by atoms with Crippen LogP contribution in [0.25, 0.3) is 11.5 Å². The van der Waals surface area contributed by atoms with Gasteiger partial charge in [-0.3, -0.25) is 0 Å². The lowest BCUT2D eigenvalue weighted by molar-refractivity contribution is 0.527. The van der Waals surface area contributed by atoms with Crippen molar-refractivity contribution in [1.29, 1.82) is 0 Å². The minimum atomic E-state index is 0.200. The molecule has 3 nitrogen and oxygen atoms in total. The fourth-order valence-corrected chi connectivity index (χ4v) is 1.77. The number of benzene rings is 1. The number of rotatable bonds is 2. The summed E-state index contributed by atoms with van der Waals surface area (Å²) >= 11 is 14.8. The van der Waals surface area contributed by atoms with Gasteiger partial charge in [-0.1, -0.05) is 11.6 Å². The van der Waals surface area contributed by atoms with Gasteiger partial charge in [0, 0.05) is 9.50 Å². The van der Waals surface area contributed by atoms with Crippen molar-refractivity contribution in [3.05, 3.63) is 33.6 Å². The first-order valence-electron chi connectivity index (χ1n) is 4.04. The van der Waals surface area contributed by atoms with Crippen molar-refractivity contribution >= 4 is 39.1 Å². The Bertz CT molecular complexity index is 487. The minimum Gasteiger partial charge on any atom is -0.419 e. The number of halogens is 3. The maximum Gasteiger partial charge on any atom is 0.248 e. The second kappa shape index (κ2) is 4.51. The molecule has 0 bridgehead atoms. The summed E-state index contributed by atoms with van der Waals surface area (Å²) in [6.45, 7) is 0. The van der Waals surface area contributed by atoms with E-state index in [9.17, 15) is 0 Å². The highest BCUT2D eigenvalue weighted by molar-refractivity contribution is 9.10. The van der Waals surface area contributed by atoms with Crippen molar-refractivity contribution in [2.24, 2.45) is 0 Å². The van der Waals surface area contributed by atoms with Gasteiger partial charge in [-0.05, 0) is 34.1 Å². The molecule has 15 heavy (non-hydrogen) atoms. The second-order valence-electron chi connectivity index (χ2n) is 2.76. The summed E-state index contributed by atoms with van der Waals surface area (Å²) in [6, 6.07) is 5.34. The van der Waals surface area contributed by atoms with Gasteiger partial charge >= 0.3 is 0 Å². The van der Waals surface area contributed by atoms with E-state index in [1.807, 2.05) is 6.07 Å². The lowest BCUT2D eigenvalue weighted by Crippen LogP contribution is -1.80. The van der Waals surface area contributed by atoms with Gasteiger partial charge in [-0.2, -0.15) is 0 Å². The lowest BCUT2D eigenvalue weighted by Gasteiger charge is -1.99. The Kier molecular flexibility index (Phi) is 3.29. The molecule has 0 aliphatic rings. The molecule has 0 spiro atoms. The molecule has 1 heterocycles.